The van der Waals surface area contributed by atoms with E-state index in [1.54, 1.807) is 45.9 Å². The molecule has 0 unspecified atom stereocenters. The Labute approximate surface area is 210 Å². The van der Waals surface area contributed by atoms with E-state index in [0.29, 0.717) is 5.56 Å². The maximum absolute atomic E-state index is 13.8. The van der Waals surface area contributed by atoms with Gasteiger partial charge in [0.05, 0.1) is 5.39 Å². The lowest BCUT2D eigenvalue weighted by molar-refractivity contribution is -0.154. The van der Waals surface area contributed by atoms with E-state index < -0.39 is 52.4 Å². The Bertz CT molecular complexity index is 1360. The van der Waals surface area contributed by atoms with E-state index >= 15 is 0 Å². The molecule has 1 atom stereocenters. The first-order chi connectivity index (χ1) is 17.2. The number of para-hydroxylation sites is 1. The van der Waals surface area contributed by atoms with Crippen LogP contribution in [0.1, 0.15) is 45.9 Å². The normalized spacial score (nSPS) is 12.6. The molecule has 11 heteroatoms. The Morgan fingerprint density at radius 3 is 2.30 bits per heavy atom. The third kappa shape index (κ3) is 6.81. The Morgan fingerprint density at radius 1 is 1.08 bits per heavy atom. The Kier molecular flexibility index (Phi) is 7.85. The number of carbonyl (C=O) groups is 2. The molecule has 0 saturated carbocycles. The minimum Gasteiger partial charge on any atom is -0.449 e. The smallest absolute Gasteiger partial charge is 0.449 e. The standard InChI is InChI=1S/C26H26F3NO7/c1-6-15-12-17-19(13-18(15)36-23(32)14(2)30-24(33)37-25(3,4)5)35-22(26(27,28)29)21(20(17)31)34-16-10-8-7-9-11-16/h7-14H,6H2,1-5H3,(H,30,33)/t14-/m0/s1. The highest BCUT2D eigenvalue weighted by Crippen LogP contribution is 2.39. The van der Waals surface area contributed by atoms with Crippen molar-refractivity contribution in [1.82, 2.24) is 5.32 Å². The summed E-state index contributed by atoms with van der Waals surface area (Å²) in [7, 11) is 0. The minimum absolute atomic E-state index is 0.0207. The highest BCUT2D eigenvalue weighted by Gasteiger charge is 2.40. The summed E-state index contributed by atoms with van der Waals surface area (Å²) in [5, 5.41) is 2.14. The molecule has 3 aromatic rings. The van der Waals surface area contributed by atoms with Crippen LogP contribution in [-0.2, 0) is 22.1 Å². The predicted molar refractivity (Wildman–Crippen MR) is 128 cm³/mol. The predicted octanol–water partition coefficient (Wildman–Crippen LogP) is 5.99. The summed E-state index contributed by atoms with van der Waals surface area (Å²) in [4.78, 5) is 37.6. The van der Waals surface area contributed by atoms with Crippen LogP contribution in [0.15, 0.2) is 51.7 Å². The molecule has 1 aromatic heterocycles. The Morgan fingerprint density at radius 2 is 1.73 bits per heavy atom. The SMILES string of the molecule is CCc1cc2c(=O)c(Oc3ccccc3)c(C(F)(F)F)oc2cc1OC(=O)[C@H](C)NC(=O)OC(C)(C)C. The number of alkyl carbamates (subject to hydrolysis) is 1. The summed E-state index contributed by atoms with van der Waals surface area (Å²) in [6.07, 6.45) is -5.64. The molecule has 0 aliphatic carbocycles. The van der Waals surface area contributed by atoms with Gasteiger partial charge in [-0.25, -0.2) is 9.59 Å². The maximum atomic E-state index is 13.8. The average molecular weight is 521 g/mol. The fourth-order valence-corrected chi connectivity index (χ4v) is 3.25. The lowest BCUT2D eigenvalue weighted by atomic mass is 10.1. The number of amides is 1. The molecule has 198 valence electrons. The monoisotopic (exact) mass is 521 g/mol. The van der Waals surface area contributed by atoms with Gasteiger partial charge in [0, 0.05) is 6.07 Å². The number of alkyl halides is 3. The van der Waals surface area contributed by atoms with E-state index in [9.17, 15) is 27.6 Å². The molecule has 0 aliphatic rings. The van der Waals surface area contributed by atoms with Crippen molar-refractivity contribution in [1.29, 1.82) is 0 Å². The topological polar surface area (TPSA) is 104 Å². The van der Waals surface area contributed by atoms with Gasteiger partial charge in [-0.1, -0.05) is 25.1 Å². The van der Waals surface area contributed by atoms with Crippen LogP contribution in [0.5, 0.6) is 17.2 Å². The van der Waals surface area contributed by atoms with Crippen LogP contribution in [-0.4, -0.2) is 23.7 Å². The number of aryl methyl sites for hydroxylation is 1. The van der Waals surface area contributed by atoms with Crippen molar-refractivity contribution in [2.75, 3.05) is 0 Å². The lowest BCUT2D eigenvalue weighted by Gasteiger charge is -2.21. The van der Waals surface area contributed by atoms with Crippen molar-refractivity contribution >= 4 is 23.0 Å². The lowest BCUT2D eigenvalue weighted by Crippen LogP contribution is -2.43. The summed E-state index contributed by atoms with van der Waals surface area (Å²) >= 11 is 0. The first-order valence-electron chi connectivity index (χ1n) is 11.3. The highest BCUT2D eigenvalue weighted by atomic mass is 19.4. The summed E-state index contributed by atoms with van der Waals surface area (Å²) in [6.45, 7) is 8.01. The molecule has 1 heterocycles. The van der Waals surface area contributed by atoms with E-state index in [0.717, 1.165) is 6.07 Å². The van der Waals surface area contributed by atoms with E-state index in [4.69, 9.17) is 18.6 Å². The van der Waals surface area contributed by atoms with Crippen LogP contribution in [0.3, 0.4) is 0 Å². The molecule has 8 nitrogen and oxygen atoms in total. The van der Waals surface area contributed by atoms with Crippen molar-refractivity contribution in [3.63, 3.8) is 0 Å². The van der Waals surface area contributed by atoms with Gasteiger partial charge < -0.3 is 23.9 Å². The third-order valence-electron chi connectivity index (χ3n) is 4.93. The minimum atomic E-state index is -5.05. The van der Waals surface area contributed by atoms with Gasteiger partial charge in [-0.3, -0.25) is 4.79 Å². The van der Waals surface area contributed by atoms with Gasteiger partial charge in [0.2, 0.25) is 11.2 Å². The molecule has 1 N–H and O–H groups in total. The van der Waals surface area contributed by atoms with Gasteiger partial charge in [-0.15, -0.1) is 0 Å². The molecule has 0 radical (unpaired) electrons. The zero-order valence-electron chi connectivity index (χ0n) is 20.8. The molecule has 0 spiro atoms. The largest absolute Gasteiger partial charge is 0.453 e. The second-order valence-corrected chi connectivity index (χ2v) is 9.10. The van der Waals surface area contributed by atoms with Crippen LogP contribution in [0, 0.1) is 0 Å². The third-order valence-corrected chi connectivity index (χ3v) is 4.93. The van der Waals surface area contributed by atoms with Gasteiger partial charge in [0.25, 0.3) is 5.76 Å². The number of esters is 1. The van der Waals surface area contributed by atoms with E-state index in [2.05, 4.69) is 5.32 Å². The highest BCUT2D eigenvalue weighted by molar-refractivity contribution is 5.85. The molecule has 0 aliphatic heterocycles. The molecule has 37 heavy (non-hydrogen) atoms. The first kappa shape index (κ1) is 27.6. The summed E-state index contributed by atoms with van der Waals surface area (Å²) in [5.41, 5.74) is -1.93. The van der Waals surface area contributed by atoms with Gasteiger partial charge in [-0.2, -0.15) is 13.2 Å². The quantitative estimate of drug-likeness (QED) is 0.314. The molecule has 2 aromatic carbocycles. The molecular formula is C26H26F3NO7. The number of hydrogen-bond acceptors (Lipinski definition) is 7. The Balaban J connectivity index is 2.00. The van der Waals surface area contributed by atoms with Crippen LogP contribution in [0.25, 0.3) is 11.0 Å². The number of hydrogen-bond donors (Lipinski definition) is 1. The molecule has 0 fully saturated rings. The van der Waals surface area contributed by atoms with Crippen LogP contribution in [0.2, 0.25) is 0 Å². The molecule has 0 bridgehead atoms. The zero-order valence-corrected chi connectivity index (χ0v) is 20.8. The average Bonchev–Trinajstić information content (AvgIpc) is 2.79. The second-order valence-electron chi connectivity index (χ2n) is 9.10. The van der Waals surface area contributed by atoms with Crippen molar-refractivity contribution in [3.05, 3.63) is 64.0 Å². The number of halogens is 3. The van der Waals surface area contributed by atoms with Crippen molar-refractivity contribution in [2.45, 2.75) is 58.9 Å². The van der Waals surface area contributed by atoms with Crippen molar-refractivity contribution < 1.29 is 41.4 Å². The number of benzene rings is 2. The maximum Gasteiger partial charge on any atom is 0.453 e. The van der Waals surface area contributed by atoms with Gasteiger partial charge >= 0.3 is 18.2 Å². The number of nitrogens with one attached hydrogen (secondary N) is 1. The molecular weight excluding hydrogens is 495 g/mol. The zero-order chi connectivity index (χ0) is 27.5. The summed E-state index contributed by atoms with van der Waals surface area (Å²) in [6, 6.07) is 8.70. The summed E-state index contributed by atoms with van der Waals surface area (Å²) in [5.74, 6) is -3.64. The molecule has 1 amide bonds. The van der Waals surface area contributed by atoms with Gasteiger partial charge in [0.1, 0.15) is 28.7 Å². The number of fused-ring (bicyclic) bond motifs is 1. The Hall–Kier alpha value is -4.02. The van der Waals surface area contributed by atoms with Gasteiger partial charge in [-0.05, 0) is 57.9 Å². The number of ether oxygens (including phenoxy) is 3. The number of rotatable bonds is 6. The van der Waals surface area contributed by atoms with E-state index in [1.807, 2.05) is 0 Å². The van der Waals surface area contributed by atoms with Crippen molar-refractivity contribution in [3.8, 4) is 17.2 Å². The van der Waals surface area contributed by atoms with Crippen LogP contribution < -0.4 is 20.2 Å². The molecule has 0 saturated heterocycles. The van der Waals surface area contributed by atoms with Crippen LogP contribution in [0.4, 0.5) is 18.0 Å². The fourth-order valence-electron chi connectivity index (χ4n) is 3.25. The van der Waals surface area contributed by atoms with Crippen molar-refractivity contribution in [2.24, 2.45) is 0 Å². The van der Waals surface area contributed by atoms with E-state index in [1.165, 1.54) is 25.1 Å². The first-order valence-corrected chi connectivity index (χ1v) is 11.3. The van der Waals surface area contributed by atoms with E-state index in [-0.39, 0.29) is 23.3 Å². The molecule has 3 rings (SSSR count). The summed E-state index contributed by atoms with van der Waals surface area (Å²) < 4.78 is 62.2. The van der Waals surface area contributed by atoms with Gasteiger partial charge in [0.15, 0.2) is 0 Å². The second kappa shape index (κ2) is 10.5. The fraction of sp³-hybridized carbons (Fsp3) is 0.346. The van der Waals surface area contributed by atoms with Crippen LogP contribution >= 0.6 is 0 Å². The number of carbonyl (C=O) groups excluding carboxylic acids is 2.